The molecular weight excluding hydrogens is 328 g/mol. The summed E-state index contributed by atoms with van der Waals surface area (Å²) < 4.78 is 10.7. The number of ether oxygens (including phenoxy) is 1. The van der Waals surface area contributed by atoms with Gasteiger partial charge >= 0.3 is 6.03 Å². The number of carbonyl (C=O) groups is 3. The average molecular weight is 350 g/mol. The van der Waals surface area contributed by atoms with Crippen LogP contribution >= 0.6 is 0 Å². The molecule has 0 unspecified atom stereocenters. The second-order valence-corrected chi connectivity index (χ2v) is 7.06. The minimum atomic E-state index is -0.986. The van der Waals surface area contributed by atoms with Gasteiger partial charge in [0.15, 0.2) is 0 Å². The van der Waals surface area contributed by atoms with Crippen LogP contribution in [0.2, 0.25) is 0 Å². The number of urea groups is 1. The van der Waals surface area contributed by atoms with Crippen LogP contribution in [-0.2, 0) is 20.7 Å². The molecule has 0 saturated carbocycles. The Kier molecular flexibility index (Phi) is 4.51. The van der Waals surface area contributed by atoms with Crippen molar-refractivity contribution in [3.05, 3.63) is 17.5 Å². The standard InChI is InChI=1S/C16H22N4O5/c1-9-4-11(25-19-9)5-10-7-24-8-12(10)17-13(21)6-20-14(22)16(2,3)18-15(20)23/h4,10,12H,5-8H2,1-3H3,(H,17,21)(H,18,23)/t10-,12+/m1/s1. The number of carbonyl (C=O) groups excluding carboxylic acids is 3. The van der Waals surface area contributed by atoms with Gasteiger partial charge in [-0.1, -0.05) is 5.16 Å². The van der Waals surface area contributed by atoms with E-state index in [1.54, 1.807) is 13.8 Å². The van der Waals surface area contributed by atoms with Gasteiger partial charge in [0.05, 0.1) is 24.9 Å². The number of aromatic nitrogens is 1. The predicted octanol–water partition coefficient (Wildman–Crippen LogP) is -0.0129. The van der Waals surface area contributed by atoms with E-state index in [9.17, 15) is 14.4 Å². The Morgan fingerprint density at radius 3 is 2.80 bits per heavy atom. The number of aryl methyl sites for hydroxylation is 1. The van der Waals surface area contributed by atoms with Crippen molar-refractivity contribution in [2.75, 3.05) is 19.8 Å². The van der Waals surface area contributed by atoms with Crippen molar-refractivity contribution >= 4 is 17.8 Å². The van der Waals surface area contributed by atoms with E-state index in [2.05, 4.69) is 15.8 Å². The minimum Gasteiger partial charge on any atom is -0.379 e. The molecule has 0 radical (unpaired) electrons. The molecule has 3 rings (SSSR count). The third-order valence-electron chi connectivity index (χ3n) is 4.43. The van der Waals surface area contributed by atoms with Crippen molar-refractivity contribution in [1.82, 2.24) is 20.7 Å². The lowest BCUT2D eigenvalue weighted by Gasteiger charge is -2.20. The van der Waals surface area contributed by atoms with Crippen LogP contribution in [0.1, 0.15) is 25.3 Å². The number of nitrogens with zero attached hydrogens (tertiary/aromatic N) is 2. The Labute approximate surface area is 145 Å². The van der Waals surface area contributed by atoms with E-state index in [-0.39, 0.29) is 18.5 Å². The first-order valence-electron chi connectivity index (χ1n) is 8.19. The zero-order valence-electron chi connectivity index (χ0n) is 14.5. The predicted molar refractivity (Wildman–Crippen MR) is 85.5 cm³/mol. The lowest BCUT2D eigenvalue weighted by molar-refractivity contribution is -0.134. The molecule has 3 heterocycles. The van der Waals surface area contributed by atoms with Gasteiger partial charge in [-0.3, -0.25) is 14.5 Å². The molecule has 9 nitrogen and oxygen atoms in total. The average Bonchev–Trinajstić information content (AvgIpc) is 3.17. The van der Waals surface area contributed by atoms with Gasteiger partial charge in [-0.25, -0.2) is 4.79 Å². The topological polar surface area (TPSA) is 114 Å². The molecule has 136 valence electrons. The number of rotatable bonds is 5. The Morgan fingerprint density at radius 2 is 2.20 bits per heavy atom. The zero-order chi connectivity index (χ0) is 18.2. The van der Waals surface area contributed by atoms with Crippen LogP contribution in [0.15, 0.2) is 10.6 Å². The Bertz CT molecular complexity index is 698. The monoisotopic (exact) mass is 350 g/mol. The number of nitrogens with one attached hydrogen (secondary N) is 2. The lowest BCUT2D eigenvalue weighted by Crippen LogP contribution is -2.47. The van der Waals surface area contributed by atoms with E-state index in [1.165, 1.54) is 0 Å². The third-order valence-corrected chi connectivity index (χ3v) is 4.43. The highest BCUT2D eigenvalue weighted by molar-refractivity contribution is 6.08. The summed E-state index contributed by atoms with van der Waals surface area (Å²) in [7, 11) is 0. The lowest BCUT2D eigenvalue weighted by atomic mass is 9.98. The Morgan fingerprint density at radius 1 is 1.44 bits per heavy atom. The summed E-state index contributed by atoms with van der Waals surface area (Å²) in [6.45, 7) is 5.63. The van der Waals surface area contributed by atoms with Crippen LogP contribution in [-0.4, -0.2) is 59.2 Å². The molecule has 0 bridgehead atoms. The molecule has 0 aromatic carbocycles. The van der Waals surface area contributed by atoms with E-state index in [4.69, 9.17) is 9.26 Å². The summed E-state index contributed by atoms with van der Waals surface area (Å²) in [5, 5.41) is 9.25. The minimum absolute atomic E-state index is 0.0517. The highest BCUT2D eigenvalue weighted by Gasteiger charge is 2.45. The second kappa shape index (κ2) is 6.47. The van der Waals surface area contributed by atoms with Gasteiger partial charge < -0.3 is 19.9 Å². The third kappa shape index (κ3) is 3.65. The van der Waals surface area contributed by atoms with E-state index < -0.39 is 23.4 Å². The maximum absolute atomic E-state index is 12.3. The molecule has 2 saturated heterocycles. The van der Waals surface area contributed by atoms with Gasteiger partial charge in [-0.05, 0) is 20.8 Å². The highest BCUT2D eigenvalue weighted by atomic mass is 16.5. The molecule has 2 atom stereocenters. The number of imide groups is 1. The normalized spacial score (nSPS) is 25.3. The van der Waals surface area contributed by atoms with Crippen molar-refractivity contribution in [2.24, 2.45) is 5.92 Å². The van der Waals surface area contributed by atoms with Crippen LogP contribution in [0.25, 0.3) is 0 Å². The summed E-state index contributed by atoms with van der Waals surface area (Å²) in [4.78, 5) is 37.2. The summed E-state index contributed by atoms with van der Waals surface area (Å²) in [6, 6.07) is 1.10. The van der Waals surface area contributed by atoms with Gasteiger partial charge in [0, 0.05) is 18.4 Å². The van der Waals surface area contributed by atoms with Crippen LogP contribution in [0.4, 0.5) is 4.79 Å². The smallest absolute Gasteiger partial charge is 0.325 e. The molecule has 2 fully saturated rings. The fourth-order valence-electron chi connectivity index (χ4n) is 3.09. The van der Waals surface area contributed by atoms with Gasteiger partial charge in [0.2, 0.25) is 5.91 Å². The van der Waals surface area contributed by atoms with Gasteiger partial charge in [-0.2, -0.15) is 0 Å². The summed E-state index contributed by atoms with van der Waals surface area (Å²) in [5.74, 6) is -0.0154. The number of amides is 4. The maximum Gasteiger partial charge on any atom is 0.325 e. The van der Waals surface area contributed by atoms with Crippen LogP contribution < -0.4 is 10.6 Å². The molecule has 1 aromatic rings. The van der Waals surface area contributed by atoms with Crippen molar-refractivity contribution in [2.45, 2.75) is 38.8 Å². The molecule has 2 N–H and O–H groups in total. The molecule has 1 aromatic heterocycles. The second-order valence-electron chi connectivity index (χ2n) is 7.06. The van der Waals surface area contributed by atoms with Gasteiger partial charge in [-0.15, -0.1) is 0 Å². The molecule has 0 spiro atoms. The number of hydrogen-bond donors (Lipinski definition) is 2. The SMILES string of the molecule is Cc1cc(C[C@@H]2COC[C@@H]2NC(=O)CN2C(=O)NC(C)(C)C2=O)on1. The fraction of sp³-hybridized carbons (Fsp3) is 0.625. The quantitative estimate of drug-likeness (QED) is 0.722. The van der Waals surface area contributed by atoms with E-state index in [0.29, 0.717) is 19.6 Å². The molecule has 25 heavy (non-hydrogen) atoms. The molecule has 4 amide bonds. The van der Waals surface area contributed by atoms with E-state index in [1.807, 2.05) is 13.0 Å². The molecule has 2 aliphatic rings. The van der Waals surface area contributed by atoms with Gasteiger partial charge in [0.25, 0.3) is 5.91 Å². The molecule has 0 aliphatic carbocycles. The van der Waals surface area contributed by atoms with Crippen LogP contribution in [0.5, 0.6) is 0 Å². The van der Waals surface area contributed by atoms with Crippen molar-refractivity contribution in [3.63, 3.8) is 0 Å². The van der Waals surface area contributed by atoms with Crippen molar-refractivity contribution in [1.29, 1.82) is 0 Å². The molecule has 9 heteroatoms. The van der Waals surface area contributed by atoms with Crippen LogP contribution in [0.3, 0.4) is 0 Å². The van der Waals surface area contributed by atoms with E-state index >= 15 is 0 Å². The first-order valence-corrected chi connectivity index (χ1v) is 8.19. The first kappa shape index (κ1) is 17.4. The van der Waals surface area contributed by atoms with Gasteiger partial charge in [0.1, 0.15) is 17.8 Å². The largest absolute Gasteiger partial charge is 0.379 e. The highest BCUT2D eigenvalue weighted by Crippen LogP contribution is 2.20. The van der Waals surface area contributed by atoms with E-state index in [0.717, 1.165) is 16.4 Å². The Balaban J connectivity index is 1.57. The van der Waals surface area contributed by atoms with Crippen LogP contribution in [0, 0.1) is 12.8 Å². The summed E-state index contributed by atoms with van der Waals surface area (Å²) >= 11 is 0. The number of hydrogen-bond acceptors (Lipinski definition) is 6. The molecule has 2 aliphatic heterocycles. The summed E-state index contributed by atoms with van der Waals surface area (Å²) in [5.41, 5.74) is -0.184. The van der Waals surface area contributed by atoms with Crippen molar-refractivity contribution in [3.8, 4) is 0 Å². The fourth-order valence-corrected chi connectivity index (χ4v) is 3.09. The zero-order valence-corrected chi connectivity index (χ0v) is 14.5. The Hall–Kier alpha value is -2.42. The summed E-state index contributed by atoms with van der Waals surface area (Å²) in [6.07, 6.45) is 0.599. The van der Waals surface area contributed by atoms with Crippen molar-refractivity contribution < 1.29 is 23.6 Å². The maximum atomic E-state index is 12.3. The molecular formula is C16H22N4O5. The first-order chi connectivity index (χ1) is 11.8.